The molecule has 0 aliphatic heterocycles. The van der Waals surface area contributed by atoms with Gasteiger partial charge in [0.05, 0.1) is 11.4 Å². The monoisotopic (exact) mass is 324 g/mol. The van der Waals surface area contributed by atoms with Crippen molar-refractivity contribution < 1.29 is 4.79 Å². The molecule has 114 valence electrons. The van der Waals surface area contributed by atoms with Gasteiger partial charge in [0.25, 0.3) is 5.91 Å². The lowest BCUT2D eigenvalue weighted by atomic mass is 10.1. The zero-order chi connectivity index (χ0) is 15.6. The van der Waals surface area contributed by atoms with Crippen LogP contribution in [0.25, 0.3) is 10.2 Å². The fourth-order valence-electron chi connectivity index (χ4n) is 2.07. The number of thiophene rings is 1. The number of nitrogens with zero attached hydrogens (tertiary/aromatic N) is 2. The summed E-state index contributed by atoms with van der Waals surface area (Å²) in [5.74, 6) is 0.897. The summed E-state index contributed by atoms with van der Waals surface area (Å²) in [7, 11) is 0. The lowest BCUT2D eigenvalue weighted by molar-refractivity contribution is 0.0944. The standard InChI is InChI=1S/C14H20N4OS2/c1-7(5-6-20-4)16-13(19)12-11(15)10-8(2)9(3)17-18-14(10)21-12/h7H,5-6,15H2,1-4H3,(H,16,19). The van der Waals surface area contributed by atoms with Crippen LogP contribution in [0.4, 0.5) is 5.69 Å². The summed E-state index contributed by atoms with van der Waals surface area (Å²) < 4.78 is 0. The fourth-order valence-corrected chi connectivity index (χ4v) is 3.66. The molecule has 7 heteroatoms. The Hall–Kier alpha value is -1.34. The smallest absolute Gasteiger partial charge is 0.263 e. The number of anilines is 1. The molecular formula is C14H20N4OS2. The molecule has 0 radical (unpaired) electrons. The summed E-state index contributed by atoms with van der Waals surface area (Å²) in [5.41, 5.74) is 8.51. The first-order valence-electron chi connectivity index (χ1n) is 6.77. The number of hydrogen-bond donors (Lipinski definition) is 2. The van der Waals surface area contributed by atoms with E-state index in [-0.39, 0.29) is 11.9 Å². The van der Waals surface area contributed by atoms with Crippen LogP contribution in [0.15, 0.2) is 0 Å². The van der Waals surface area contributed by atoms with Crippen molar-refractivity contribution in [1.29, 1.82) is 0 Å². The van der Waals surface area contributed by atoms with Gasteiger partial charge < -0.3 is 11.1 Å². The molecule has 0 bridgehead atoms. The van der Waals surface area contributed by atoms with Gasteiger partial charge in [0, 0.05) is 11.4 Å². The molecule has 0 saturated carbocycles. The second-order valence-electron chi connectivity index (χ2n) is 5.09. The Bertz CT molecular complexity index is 669. The van der Waals surface area contributed by atoms with Crippen molar-refractivity contribution in [3.8, 4) is 0 Å². The van der Waals surface area contributed by atoms with Crippen molar-refractivity contribution in [2.24, 2.45) is 0 Å². The Labute approximate surface area is 132 Å². The molecule has 0 spiro atoms. The third kappa shape index (κ3) is 3.29. The first kappa shape index (κ1) is 16.0. The van der Waals surface area contributed by atoms with Crippen molar-refractivity contribution in [2.75, 3.05) is 17.7 Å². The van der Waals surface area contributed by atoms with Crippen LogP contribution < -0.4 is 11.1 Å². The SMILES string of the molecule is CSCCC(C)NC(=O)c1sc2nnc(C)c(C)c2c1N. The van der Waals surface area contributed by atoms with Crippen LogP contribution in [0.3, 0.4) is 0 Å². The number of aromatic nitrogens is 2. The summed E-state index contributed by atoms with van der Waals surface area (Å²) in [6.07, 6.45) is 3.00. The van der Waals surface area contributed by atoms with Gasteiger partial charge in [-0.3, -0.25) is 4.79 Å². The number of nitrogens with one attached hydrogen (secondary N) is 1. The van der Waals surface area contributed by atoms with E-state index in [0.29, 0.717) is 10.6 Å². The molecule has 5 nitrogen and oxygen atoms in total. The summed E-state index contributed by atoms with van der Waals surface area (Å²) in [6, 6.07) is 0.128. The highest BCUT2D eigenvalue weighted by Gasteiger charge is 2.20. The molecule has 0 fully saturated rings. The molecule has 0 aliphatic carbocycles. The second-order valence-corrected chi connectivity index (χ2v) is 7.08. The molecule has 2 aromatic heterocycles. The highest BCUT2D eigenvalue weighted by atomic mass is 32.2. The molecule has 0 saturated heterocycles. The molecule has 3 N–H and O–H groups in total. The topological polar surface area (TPSA) is 80.9 Å². The molecule has 1 atom stereocenters. The molecule has 1 amide bonds. The summed E-state index contributed by atoms with van der Waals surface area (Å²) in [4.78, 5) is 13.6. The molecular weight excluding hydrogens is 304 g/mol. The van der Waals surface area contributed by atoms with E-state index in [2.05, 4.69) is 21.8 Å². The Morgan fingerprint density at radius 1 is 1.43 bits per heavy atom. The van der Waals surface area contributed by atoms with Crippen LogP contribution in [0.5, 0.6) is 0 Å². The summed E-state index contributed by atoms with van der Waals surface area (Å²) in [5, 5.41) is 12.1. The van der Waals surface area contributed by atoms with Gasteiger partial charge in [0.15, 0.2) is 0 Å². The first-order chi connectivity index (χ1) is 9.95. The molecule has 2 aromatic rings. The zero-order valence-corrected chi connectivity index (χ0v) is 14.3. The van der Waals surface area contributed by atoms with Crippen molar-refractivity contribution in [2.45, 2.75) is 33.2 Å². The van der Waals surface area contributed by atoms with Crippen LogP contribution in [0.2, 0.25) is 0 Å². The highest BCUT2D eigenvalue weighted by molar-refractivity contribution is 7.98. The maximum Gasteiger partial charge on any atom is 0.263 e. The number of carbonyl (C=O) groups is 1. The lowest BCUT2D eigenvalue weighted by Crippen LogP contribution is -2.32. The Kier molecular flexibility index (Phi) is 5.05. The number of fused-ring (bicyclic) bond motifs is 1. The van der Waals surface area contributed by atoms with Crippen LogP contribution in [0, 0.1) is 13.8 Å². The molecule has 1 unspecified atom stereocenters. The van der Waals surface area contributed by atoms with E-state index in [9.17, 15) is 4.79 Å². The number of nitrogen functional groups attached to an aromatic ring is 1. The van der Waals surface area contributed by atoms with Crippen LogP contribution in [0.1, 0.15) is 34.3 Å². The lowest BCUT2D eigenvalue weighted by Gasteiger charge is -2.12. The molecule has 0 aliphatic rings. The number of thioether (sulfide) groups is 1. The van der Waals surface area contributed by atoms with Crippen LogP contribution in [-0.2, 0) is 0 Å². The van der Waals surface area contributed by atoms with Crippen LogP contribution >= 0.6 is 23.1 Å². The number of nitrogens with two attached hydrogens (primary N) is 1. The Morgan fingerprint density at radius 3 is 2.81 bits per heavy atom. The number of carbonyl (C=O) groups excluding carboxylic acids is 1. The quantitative estimate of drug-likeness (QED) is 0.884. The minimum Gasteiger partial charge on any atom is -0.397 e. The fraction of sp³-hybridized carbons (Fsp3) is 0.500. The molecule has 0 aromatic carbocycles. The average molecular weight is 324 g/mol. The third-order valence-electron chi connectivity index (χ3n) is 3.47. The van der Waals surface area contributed by atoms with Crippen molar-refractivity contribution >= 4 is 44.9 Å². The minimum atomic E-state index is -0.124. The van der Waals surface area contributed by atoms with Crippen LogP contribution in [-0.4, -0.2) is 34.2 Å². The van der Waals surface area contributed by atoms with Gasteiger partial charge in [0.2, 0.25) is 0 Å². The maximum atomic E-state index is 12.4. The van der Waals surface area contributed by atoms with Gasteiger partial charge in [-0.25, -0.2) is 0 Å². The number of rotatable bonds is 5. The Morgan fingerprint density at radius 2 is 2.14 bits per heavy atom. The average Bonchev–Trinajstić information content (AvgIpc) is 2.78. The van der Waals surface area contributed by atoms with Gasteiger partial charge >= 0.3 is 0 Å². The number of amides is 1. The minimum absolute atomic E-state index is 0.124. The highest BCUT2D eigenvalue weighted by Crippen LogP contribution is 2.34. The first-order valence-corrected chi connectivity index (χ1v) is 8.98. The zero-order valence-electron chi connectivity index (χ0n) is 12.7. The summed E-state index contributed by atoms with van der Waals surface area (Å²) in [6.45, 7) is 5.86. The number of hydrogen-bond acceptors (Lipinski definition) is 6. The van der Waals surface area contributed by atoms with E-state index in [4.69, 9.17) is 5.73 Å². The van der Waals surface area contributed by atoms with Gasteiger partial charge in [-0.15, -0.1) is 16.4 Å². The predicted molar refractivity (Wildman–Crippen MR) is 91.2 cm³/mol. The van der Waals surface area contributed by atoms with Gasteiger partial charge in [0.1, 0.15) is 9.71 Å². The van der Waals surface area contributed by atoms with E-state index in [1.165, 1.54) is 11.3 Å². The van der Waals surface area contributed by atoms with Crippen molar-refractivity contribution in [3.05, 3.63) is 16.1 Å². The van der Waals surface area contributed by atoms with Crippen molar-refractivity contribution in [3.63, 3.8) is 0 Å². The maximum absolute atomic E-state index is 12.4. The van der Waals surface area contributed by atoms with Gasteiger partial charge in [-0.05, 0) is 44.8 Å². The predicted octanol–water partition coefficient (Wildman–Crippen LogP) is 2.76. The molecule has 21 heavy (non-hydrogen) atoms. The third-order valence-corrected chi connectivity index (χ3v) is 5.21. The summed E-state index contributed by atoms with van der Waals surface area (Å²) >= 11 is 3.08. The molecule has 2 rings (SSSR count). The molecule has 2 heterocycles. The Balaban J connectivity index is 2.28. The van der Waals surface area contributed by atoms with E-state index in [0.717, 1.165) is 33.6 Å². The largest absolute Gasteiger partial charge is 0.397 e. The van der Waals surface area contributed by atoms with E-state index in [1.54, 1.807) is 11.8 Å². The van der Waals surface area contributed by atoms with Gasteiger partial charge in [-0.2, -0.15) is 16.9 Å². The second kappa shape index (κ2) is 6.62. The van der Waals surface area contributed by atoms with Crippen molar-refractivity contribution in [1.82, 2.24) is 15.5 Å². The normalized spacial score (nSPS) is 12.6. The van der Waals surface area contributed by atoms with E-state index < -0.39 is 0 Å². The van der Waals surface area contributed by atoms with E-state index >= 15 is 0 Å². The number of aryl methyl sites for hydroxylation is 2. The van der Waals surface area contributed by atoms with Gasteiger partial charge in [-0.1, -0.05) is 0 Å². The van der Waals surface area contributed by atoms with E-state index in [1.807, 2.05) is 20.8 Å².